The highest BCUT2D eigenvalue weighted by Crippen LogP contribution is 2.19. The van der Waals surface area contributed by atoms with E-state index in [9.17, 15) is 19.2 Å². The van der Waals surface area contributed by atoms with E-state index in [0.717, 1.165) is 0 Å². The van der Waals surface area contributed by atoms with Gasteiger partial charge in [0.2, 0.25) is 5.91 Å². The van der Waals surface area contributed by atoms with Gasteiger partial charge in [-0.15, -0.1) is 0 Å². The first-order valence-corrected chi connectivity index (χ1v) is 14.2. The van der Waals surface area contributed by atoms with Crippen LogP contribution in [0.1, 0.15) is 51.0 Å². The topological polar surface area (TPSA) is 149 Å². The molecular weight excluding hydrogens is 554 g/mol. The number of nitrogens with zero attached hydrogens (tertiary/aromatic N) is 6. The van der Waals surface area contributed by atoms with Gasteiger partial charge >= 0.3 is 12.1 Å². The maximum Gasteiger partial charge on any atom is 0.409 e. The van der Waals surface area contributed by atoms with Crippen LogP contribution in [0.5, 0.6) is 0 Å². The van der Waals surface area contributed by atoms with Gasteiger partial charge in [0.15, 0.2) is 5.82 Å². The van der Waals surface area contributed by atoms with E-state index < -0.39 is 29.6 Å². The molecule has 43 heavy (non-hydrogen) atoms. The number of hydrogen-bond donors (Lipinski definition) is 1. The number of piperazine rings is 1. The van der Waals surface area contributed by atoms with E-state index in [1.807, 2.05) is 30.3 Å². The van der Waals surface area contributed by atoms with Crippen LogP contribution in [0.25, 0.3) is 17.2 Å². The second-order valence-corrected chi connectivity index (χ2v) is 10.9. The summed E-state index contributed by atoms with van der Waals surface area (Å²) < 4.78 is 12.1. The Morgan fingerprint density at radius 1 is 1.00 bits per heavy atom. The predicted octanol–water partition coefficient (Wildman–Crippen LogP) is 2.85. The summed E-state index contributed by atoms with van der Waals surface area (Å²) in [5, 5.41) is 2.80. The quantitative estimate of drug-likeness (QED) is 0.371. The summed E-state index contributed by atoms with van der Waals surface area (Å²) in [6, 6.07) is 9.68. The van der Waals surface area contributed by atoms with Gasteiger partial charge in [0.05, 0.1) is 6.61 Å². The summed E-state index contributed by atoms with van der Waals surface area (Å²) in [5.41, 5.74) is 0.0530. The van der Waals surface area contributed by atoms with Crippen molar-refractivity contribution in [2.45, 2.75) is 52.2 Å². The Labute approximate surface area is 250 Å². The van der Waals surface area contributed by atoms with Crippen LogP contribution in [0.3, 0.4) is 0 Å². The van der Waals surface area contributed by atoms with Crippen molar-refractivity contribution < 1.29 is 28.7 Å². The Kier molecular flexibility index (Phi) is 10.1. The molecule has 0 spiro atoms. The fourth-order valence-corrected chi connectivity index (χ4v) is 4.48. The smallest absolute Gasteiger partial charge is 0.409 e. The first-order valence-electron chi connectivity index (χ1n) is 14.2. The Hall–Kier alpha value is -4.81. The molecule has 3 aromatic rings. The van der Waals surface area contributed by atoms with Gasteiger partial charge in [-0.1, -0.05) is 30.3 Å². The highest BCUT2D eigenvalue weighted by Gasteiger charge is 2.32. The minimum atomic E-state index is -1.04. The van der Waals surface area contributed by atoms with Crippen LogP contribution in [-0.4, -0.2) is 97.6 Å². The summed E-state index contributed by atoms with van der Waals surface area (Å²) in [4.78, 5) is 68.3. The summed E-state index contributed by atoms with van der Waals surface area (Å²) in [7, 11) is 0. The van der Waals surface area contributed by atoms with Crippen LogP contribution >= 0.6 is 0 Å². The number of carbonyl (C=O) groups is 4. The van der Waals surface area contributed by atoms with Gasteiger partial charge in [-0.25, -0.2) is 19.7 Å². The Morgan fingerprint density at radius 3 is 2.33 bits per heavy atom. The second kappa shape index (κ2) is 13.9. The van der Waals surface area contributed by atoms with E-state index >= 15 is 0 Å². The van der Waals surface area contributed by atoms with Crippen molar-refractivity contribution in [3.63, 3.8) is 0 Å². The molecule has 228 valence electrons. The highest BCUT2D eigenvalue weighted by atomic mass is 16.6. The van der Waals surface area contributed by atoms with Gasteiger partial charge in [-0.3, -0.25) is 19.0 Å². The van der Waals surface area contributed by atoms with Crippen molar-refractivity contribution in [2.75, 3.05) is 32.8 Å². The van der Waals surface area contributed by atoms with Crippen molar-refractivity contribution in [2.24, 2.45) is 0 Å². The average molecular weight is 592 g/mol. The van der Waals surface area contributed by atoms with Crippen molar-refractivity contribution in [3.8, 4) is 17.2 Å². The van der Waals surface area contributed by atoms with Crippen LogP contribution < -0.4 is 5.32 Å². The Morgan fingerprint density at radius 2 is 1.70 bits per heavy atom. The molecule has 1 fully saturated rings. The largest absolute Gasteiger partial charge is 0.460 e. The van der Waals surface area contributed by atoms with E-state index in [1.54, 1.807) is 55.9 Å². The molecule has 1 N–H and O–H groups in total. The molecule has 0 saturated carbocycles. The molecule has 1 atom stereocenters. The molecule has 1 aliphatic rings. The molecule has 1 saturated heterocycles. The molecular formula is C30H37N7O6. The average Bonchev–Trinajstić information content (AvgIpc) is 3.54. The Bertz CT molecular complexity index is 1410. The van der Waals surface area contributed by atoms with E-state index in [0.29, 0.717) is 17.2 Å². The third kappa shape index (κ3) is 8.60. The number of amides is 3. The molecule has 0 radical (unpaired) electrons. The van der Waals surface area contributed by atoms with E-state index in [4.69, 9.17) is 9.47 Å². The molecule has 3 heterocycles. The van der Waals surface area contributed by atoms with Gasteiger partial charge in [0.25, 0.3) is 5.91 Å². The second-order valence-electron chi connectivity index (χ2n) is 10.9. The van der Waals surface area contributed by atoms with E-state index in [2.05, 4.69) is 20.3 Å². The zero-order chi connectivity index (χ0) is 31.0. The van der Waals surface area contributed by atoms with Crippen LogP contribution in [0.4, 0.5) is 4.79 Å². The maximum absolute atomic E-state index is 13.7. The van der Waals surface area contributed by atoms with Gasteiger partial charge in [-0.05, 0) is 34.1 Å². The summed E-state index contributed by atoms with van der Waals surface area (Å²) in [5.74, 6) is -0.712. The summed E-state index contributed by atoms with van der Waals surface area (Å²) >= 11 is 0. The van der Waals surface area contributed by atoms with Crippen molar-refractivity contribution in [3.05, 3.63) is 60.8 Å². The van der Waals surface area contributed by atoms with Crippen LogP contribution in [-0.2, 0) is 19.1 Å². The molecule has 1 aliphatic heterocycles. The van der Waals surface area contributed by atoms with Crippen LogP contribution in [0.15, 0.2) is 55.1 Å². The standard InChI is InChI=1S/C30H37N7O6/c1-5-42-29(41)36-17-15-35(16-18-36)28(40)22(11-12-25(38)43-30(2,3)4)33-27(39)23-19-24(37-14-13-31-20-37)34-26(32-23)21-9-7-6-8-10-21/h6-10,13-14,19-20,22H,5,11-12,15-18H2,1-4H3,(H,33,39)/t22-/m0/s1. The first-order chi connectivity index (χ1) is 20.5. The highest BCUT2D eigenvalue weighted by molar-refractivity contribution is 5.97. The number of nitrogens with one attached hydrogen (secondary N) is 1. The normalized spacial score (nSPS) is 14.1. The molecule has 0 unspecified atom stereocenters. The molecule has 4 rings (SSSR count). The first kappa shape index (κ1) is 31.1. The molecule has 13 heteroatoms. The zero-order valence-corrected chi connectivity index (χ0v) is 24.9. The molecule has 13 nitrogen and oxygen atoms in total. The fraction of sp³-hybridized carbons (Fsp3) is 0.433. The third-order valence-electron chi connectivity index (χ3n) is 6.52. The van der Waals surface area contributed by atoms with E-state index in [1.165, 1.54) is 11.0 Å². The fourth-order valence-electron chi connectivity index (χ4n) is 4.48. The van der Waals surface area contributed by atoms with E-state index in [-0.39, 0.29) is 57.2 Å². The third-order valence-corrected chi connectivity index (χ3v) is 6.52. The molecule has 1 aromatic carbocycles. The number of imidazole rings is 1. The molecule has 0 aliphatic carbocycles. The number of hydrogen-bond acceptors (Lipinski definition) is 9. The van der Waals surface area contributed by atoms with Crippen molar-refractivity contribution >= 4 is 23.9 Å². The van der Waals surface area contributed by atoms with Gasteiger partial charge < -0.3 is 24.6 Å². The predicted molar refractivity (Wildman–Crippen MR) is 156 cm³/mol. The molecule has 3 amide bonds. The lowest BCUT2D eigenvalue weighted by atomic mass is 10.1. The number of ether oxygens (including phenoxy) is 2. The zero-order valence-electron chi connectivity index (χ0n) is 24.9. The number of carbonyl (C=O) groups excluding carboxylic acids is 4. The minimum absolute atomic E-state index is 0.0164. The van der Waals surface area contributed by atoms with Crippen molar-refractivity contribution in [1.82, 2.24) is 34.6 Å². The van der Waals surface area contributed by atoms with Gasteiger partial charge in [0.1, 0.15) is 29.5 Å². The summed E-state index contributed by atoms with van der Waals surface area (Å²) in [6.45, 7) is 8.36. The SMILES string of the molecule is CCOC(=O)N1CCN(C(=O)[C@H](CCC(=O)OC(C)(C)C)NC(=O)c2cc(-n3ccnc3)nc(-c3ccccc3)n2)CC1. The van der Waals surface area contributed by atoms with Gasteiger partial charge in [-0.2, -0.15) is 0 Å². The summed E-state index contributed by atoms with van der Waals surface area (Å²) in [6.07, 6.45) is 4.34. The monoisotopic (exact) mass is 591 g/mol. The lowest BCUT2D eigenvalue weighted by Gasteiger charge is -2.36. The number of benzene rings is 1. The lowest BCUT2D eigenvalue weighted by Crippen LogP contribution is -2.56. The van der Waals surface area contributed by atoms with Crippen LogP contribution in [0, 0.1) is 0 Å². The number of rotatable bonds is 9. The van der Waals surface area contributed by atoms with Crippen LogP contribution in [0.2, 0.25) is 0 Å². The maximum atomic E-state index is 13.7. The molecule has 0 bridgehead atoms. The Balaban J connectivity index is 1.56. The molecule has 2 aromatic heterocycles. The van der Waals surface area contributed by atoms with Crippen molar-refractivity contribution in [1.29, 1.82) is 0 Å². The number of esters is 1. The minimum Gasteiger partial charge on any atom is -0.460 e. The number of aromatic nitrogens is 4. The lowest BCUT2D eigenvalue weighted by molar-refractivity contribution is -0.155. The van der Waals surface area contributed by atoms with Gasteiger partial charge in [0, 0.05) is 56.6 Å².